The van der Waals surface area contributed by atoms with Crippen molar-refractivity contribution in [2.75, 3.05) is 11.9 Å². The van der Waals surface area contributed by atoms with Crippen LogP contribution >= 0.6 is 0 Å². The number of carbonyl (C=O) groups is 3. The van der Waals surface area contributed by atoms with Gasteiger partial charge in [-0.05, 0) is 43.2 Å². The zero-order chi connectivity index (χ0) is 24.9. The largest absolute Gasteiger partial charge is 0.451 e. The molecule has 2 N–H and O–H groups in total. The maximum absolute atomic E-state index is 13.0. The SMILES string of the molecule is O=C(COC(=O)c1cc(-c2ccccc2)nn1-c1ccccc1)Nc1ccccc1C(=O)NC1CC1. The van der Waals surface area contributed by atoms with E-state index in [-0.39, 0.29) is 17.6 Å². The molecule has 180 valence electrons. The van der Waals surface area contributed by atoms with Gasteiger partial charge in [0.25, 0.3) is 11.8 Å². The number of hydrogen-bond donors (Lipinski definition) is 2. The lowest BCUT2D eigenvalue weighted by atomic mass is 10.1. The number of aromatic nitrogens is 2. The van der Waals surface area contributed by atoms with Crippen molar-refractivity contribution in [3.05, 3.63) is 102 Å². The first-order chi connectivity index (χ1) is 17.6. The van der Waals surface area contributed by atoms with Gasteiger partial charge in [-0.1, -0.05) is 60.7 Å². The van der Waals surface area contributed by atoms with Crippen LogP contribution in [-0.2, 0) is 9.53 Å². The van der Waals surface area contributed by atoms with Gasteiger partial charge >= 0.3 is 5.97 Å². The molecular weight excluding hydrogens is 456 g/mol. The standard InChI is InChI=1S/C28H24N4O4/c33-26(30-23-14-8-7-13-22(23)27(34)29-20-15-16-20)18-36-28(35)25-17-24(19-9-3-1-4-10-19)31-32(25)21-11-5-2-6-12-21/h1-14,17,20H,15-16,18H2,(H,29,34)(H,30,33). The molecule has 0 saturated heterocycles. The van der Waals surface area contributed by atoms with Gasteiger partial charge in [0.1, 0.15) is 0 Å². The van der Waals surface area contributed by atoms with Gasteiger partial charge in [-0.25, -0.2) is 9.48 Å². The van der Waals surface area contributed by atoms with Crippen LogP contribution in [0.1, 0.15) is 33.7 Å². The third kappa shape index (κ3) is 5.33. The second-order valence-corrected chi connectivity index (χ2v) is 8.45. The Morgan fingerprint density at radius 2 is 1.56 bits per heavy atom. The summed E-state index contributed by atoms with van der Waals surface area (Å²) in [7, 11) is 0. The van der Waals surface area contributed by atoms with Gasteiger partial charge in [0, 0.05) is 11.6 Å². The first kappa shape index (κ1) is 23.0. The lowest BCUT2D eigenvalue weighted by Gasteiger charge is -2.11. The molecule has 1 aromatic heterocycles. The Hall–Kier alpha value is -4.72. The van der Waals surface area contributed by atoms with E-state index in [0.29, 0.717) is 22.6 Å². The molecule has 2 amide bonds. The molecule has 4 aromatic rings. The minimum atomic E-state index is -0.691. The summed E-state index contributed by atoms with van der Waals surface area (Å²) in [6.07, 6.45) is 1.92. The van der Waals surface area contributed by atoms with Crippen LogP contribution in [0.3, 0.4) is 0 Å². The molecule has 1 heterocycles. The molecule has 5 rings (SSSR count). The molecule has 0 bridgehead atoms. The maximum Gasteiger partial charge on any atom is 0.357 e. The molecule has 36 heavy (non-hydrogen) atoms. The second kappa shape index (κ2) is 10.3. The van der Waals surface area contributed by atoms with E-state index in [1.807, 2.05) is 60.7 Å². The zero-order valence-electron chi connectivity index (χ0n) is 19.4. The van der Waals surface area contributed by atoms with Crippen LogP contribution in [0.4, 0.5) is 5.69 Å². The summed E-state index contributed by atoms with van der Waals surface area (Å²) in [5.41, 5.74) is 3.05. The fourth-order valence-electron chi connectivity index (χ4n) is 3.71. The molecule has 8 nitrogen and oxygen atoms in total. The molecule has 8 heteroatoms. The first-order valence-electron chi connectivity index (χ1n) is 11.7. The van der Waals surface area contributed by atoms with Gasteiger partial charge in [-0.2, -0.15) is 5.10 Å². The number of nitrogens with one attached hydrogen (secondary N) is 2. The highest BCUT2D eigenvalue weighted by Crippen LogP contribution is 2.23. The fourth-order valence-corrected chi connectivity index (χ4v) is 3.71. The molecule has 0 radical (unpaired) electrons. The third-order valence-corrected chi connectivity index (χ3v) is 5.68. The summed E-state index contributed by atoms with van der Waals surface area (Å²) in [4.78, 5) is 38.1. The van der Waals surface area contributed by atoms with Crippen molar-refractivity contribution in [3.8, 4) is 16.9 Å². The van der Waals surface area contributed by atoms with E-state index in [1.165, 1.54) is 4.68 Å². The van der Waals surface area contributed by atoms with Crippen molar-refractivity contribution in [2.24, 2.45) is 0 Å². The molecule has 0 atom stereocenters. The predicted octanol–water partition coefficient (Wildman–Crippen LogP) is 4.23. The van der Waals surface area contributed by atoms with Crippen molar-refractivity contribution in [1.82, 2.24) is 15.1 Å². The molecular formula is C28H24N4O4. The Labute approximate surface area is 207 Å². The van der Waals surface area contributed by atoms with Gasteiger partial charge in [-0.15, -0.1) is 0 Å². The molecule has 1 aliphatic rings. The second-order valence-electron chi connectivity index (χ2n) is 8.45. The van der Waals surface area contributed by atoms with Crippen LogP contribution in [0.2, 0.25) is 0 Å². The summed E-state index contributed by atoms with van der Waals surface area (Å²) in [5, 5.41) is 10.2. The number of ether oxygens (including phenoxy) is 1. The first-order valence-corrected chi connectivity index (χ1v) is 11.7. The Morgan fingerprint density at radius 1 is 0.889 bits per heavy atom. The minimum absolute atomic E-state index is 0.192. The molecule has 0 spiro atoms. The smallest absolute Gasteiger partial charge is 0.357 e. The summed E-state index contributed by atoms with van der Waals surface area (Å²) < 4.78 is 6.84. The van der Waals surface area contributed by atoms with Gasteiger partial charge in [0.2, 0.25) is 0 Å². The van der Waals surface area contributed by atoms with Crippen LogP contribution in [0.25, 0.3) is 16.9 Å². The quantitative estimate of drug-likeness (QED) is 0.368. The van der Waals surface area contributed by atoms with Gasteiger partial charge in [0.05, 0.1) is 22.6 Å². The molecule has 1 saturated carbocycles. The lowest BCUT2D eigenvalue weighted by Crippen LogP contribution is -2.28. The Kier molecular flexibility index (Phi) is 6.57. The average Bonchev–Trinajstić information content (AvgIpc) is 3.62. The van der Waals surface area contributed by atoms with Crippen molar-refractivity contribution < 1.29 is 19.1 Å². The fraction of sp³-hybridized carbons (Fsp3) is 0.143. The highest BCUT2D eigenvalue weighted by molar-refractivity contribution is 6.04. The van der Waals surface area contributed by atoms with E-state index in [4.69, 9.17) is 4.74 Å². The number of nitrogens with zero attached hydrogens (tertiary/aromatic N) is 2. The van der Waals surface area contributed by atoms with Crippen LogP contribution in [0, 0.1) is 0 Å². The summed E-state index contributed by atoms with van der Waals surface area (Å²) >= 11 is 0. The van der Waals surface area contributed by atoms with Gasteiger partial charge in [0.15, 0.2) is 12.3 Å². The topological polar surface area (TPSA) is 102 Å². The highest BCUT2D eigenvalue weighted by atomic mass is 16.5. The Bertz CT molecular complexity index is 1400. The lowest BCUT2D eigenvalue weighted by molar-refractivity contribution is -0.119. The van der Waals surface area contributed by atoms with E-state index in [0.717, 1.165) is 18.4 Å². The van der Waals surface area contributed by atoms with Crippen LogP contribution in [-0.4, -0.2) is 40.2 Å². The van der Waals surface area contributed by atoms with Crippen LogP contribution < -0.4 is 10.6 Å². The van der Waals surface area contributed by atoms with Crippen LogP contribution in [0.15, 0.2) is 91.0 Å². The Balaban J connectivity index is 1.30. The molecule has 0 aliphatic heterocycles. The number of hydrogen-bond acceptors (Lipinski definition) is 5. The normalized spacial score (nSPS) is 12.6. The number of amides is 2. The minimum Gasteiger partial charge on any atom is -0.451 e. The highest BCUT2D eigenvalue weighted by Gasteiger charge is 2.25. The van der Waals surface area contributed by atoms with E-state index >= 15 is 0 Å². The van der Waals surface area contributed by atoms with Crippen molar-refractivity contribution >= 4 is 23.5 Å². The van der Waals surface area contributed by atoms with E-state index in [9.17, 15) is 14.4 Å². The number of para-hydroxylation sites is 2. The number of anilines is 1. The van der Waals surface area contributed by atoms with Crippen molar-refractivity contribution in [3.63, 3.8) is 0 Å². The number of carbonyl (C=O) groups excluding carboxylic acids is 3. The molecule has 3 aromatic carbocycles. The average molecular weight is 481 g/mol. The monoisotopic (exact) mass is 480 g/mol. The third-order valence-electron chi connectivity index (χ3n) is 5.68. The number of esters is 1. The van der Waals surface area contributed by atoms with E-state index in [1.54, 1.807) is 30.3 Å². The van der Waals surface area contributed by atoms with Gasteiger partial charge in [-0.3, -0.25) is 9.59 Å². The summed E-state index contributed by atoms with van der Waals surface area (Å²) in [6.45, 7) is -0.516. The molecule has 1 aliphatic carbocycles. The van der Waals surface area contributed by atoms with E-state index in [2.05, 4.69) is 15.7 Å². The Morgan fingerprint density at radius 3 is 2.28 bits per heavy atom. The van der Waals surface area contributed by atoms with Crippen LogP contribution in [0.5, 0.6) is 0 Å². The predicted molar refractivity (Wildman–Crippen MR) is 135 cm³/mol. The summed E-state index contributed by atoms with van der Waals surface area (Å²) in [5.74, 6) is -1.49. The van der Waals surface area contributed by atoms with Crippen molar-refractivity contribution in [1.29, 1.82) is 0 Å². The van der Waals surface area contributed by atoms with Crippen molar-refractivity contribution in [2.45, 2.75) is 18.9 Å². The van der Waals surface area contributed by atoms with E-state index < -0.39 is 18.5 Å². The number of rotatable bonds is 8. The summed E-state index contributed by atoms with van der Waals surface area (Å²) in [6, 6.07) is 27.3. The van der Waals surface area contributed by atoms with Gasteiger partial charge < -0.3 is 15.4 Å². The number of benzene rings is 3. The molecule has 1 fully saturated rings. The molecule has 0 unspecified atom stereocenters. The maximum atomic E-state index is 13.0. The zero-order valence-corrected chi connectivity index (χ0v) is 19.4.